The van der Waals surface area contributed by atoms with E-state index in [1.165, 1.54) is 11.1 Å². The van der Waals surface area contributed by atoms with E-state index in [2.05, 4.69) is 18.2 Å². The van der Waals surface area contributed by atoms with Gasteiger partial charge in [0, 0.05) is 38.6 Å². The first-order valence-electron chi connectivity index (χ1n) is 11.9. The molecular formula is C25H35N3O4. The maximum Gasteiger partial charge on any atom is 0.410 e. The normalized spacial score (nSPS) is 22.0. The fourth-order valence-electron chi connectivity index (χ4n) is 5.06. The van der Waals surface area contributed by atoms with Crippen LogP contribution < -0.4 is 0 Å². The van der Waals surface area contributed by atoms with E-state index < -0.39 is 17.7 Å². The first-order chi connectivity index (χ1) is 15.2. The molecule has 2 saturated heterocycles. The zero-order valence-electron chi connectivity index (χ0n) is 19.5. The van der Waals surface area contributed by atoms with Crippen LogP contribution in [0.5, 0.6) is 0 Å². The predicted octanol–water partition coefficient (Wildman–Crippen LogP) is 3.21. The third kappa shape index (κ3) is 4.92. The molecule has 0 aromatic heterocycles. The minimum atomic E-state index is -0.582. The van der Waals surface area contributed by atoms with E-state index in [0.29, 0.717) is 45.4 Å². The van der Waals surface area contributed by atoms with Crippen LogP contribution in [0.4, 0.5) is 4.79 Å². The average Bonchev–Trinajstić information content (AvgIpc) is 3.27. The van der Waals surface area contributed by atoms with Crippen molar-refractivity contribution in [1.82, 2.24) is 14.7 Å². The van der Waals surface area contributed by atoms with Crippen LogP contribution in [-0.4, -0.2) is 70.4 Å². The quantitative estimate of drug-likeness (QED) is 0.707. The van der Waals surface area contributed by atoms with Crippen LogP contribution in [0.15, 0.2) is 24.3 Å². The number of benzene rings is 1. The molecule has 1 atom stereocenters. The zero-order chi connectivity index (χ0) is 22.9. The van der Waals surface area contributed by atoms with E-state index in [1.807, 2.05) is 36.6 Å². The Morgan fingerprint density at radius 2 is 1.56 bits per heavy atom. The number of hydrogen-bond donors (Lipinski definition) is 0. The van der Waals surface area contributed by atoms with E-state index in [1.54, 1.807) is 4.90 Å². The Labute approximate surface area is 190 Å². The monoisotopic (exact) mass is 441 g/mol. The van der Waals surface area contributed by atoms with Gasteiger partial charge in [-0.1, -0.05) is 24.3 Å². The average molecular weight is 442 g/mol. The number of rotatable bonds is 2. The SMILES string of the molecule is CC(C)(C)OC(=O)N1CCC[C@@H]1C(=O)N1CCC(C(=O)N2CCc3ccccc3C2)CC1. The maximum atomic E-state index is 13.2. The summed E-state index contributed by atoms with van der Waals surface area (Å²) in [6.07, 6.45) is 3.33. The van der Waals surface area contributed by atoms with Crippen LogP contribution in [0.1, 0.15) is 57.6 Å². The van der Waals surface area contributed by atoms with E-state index >= 15 is 0 Å². The summed E-state index contributed by atoms with van der Waals surface area (Å²) >= 11 is 0. The van der Waals surface area contributed by atoms with E-state index in [4.69, 9.17) is 4.74 Å². The molecule has 0 spiro atoms. The second-order valence-corrected chi connectivity index (χ2v) is 10.2. The zero-order valence-corrected chi connectivity index (χ0v) is 19.5. The molecular weight excluding hydrogens is 406 g/mol. The van der Waals surface area contributed by atoms with Gasteiger partial charge in [-0.15, -0.1) is 0 Å². The molecule has 174 valence electrons. The van der Waals surface area contributed by atoms with Gasteiger partial charge in [0.25, 0.3) is 0 Å². The van der Waals surface area contributed by atoms with Crippen molar-refractivity contribution in [2.24, 2.45) is 5.92 Å². The fourth-order valence-corrected chi connectivity index (χ4v) is 5.06. The van der Waals surface area contributed by atoms with Crippen LogP contribution in [0, 0.1) is 5.92 Å². The van der Waals surface area contributed by atoms with Crippen LogP contribution in [-0.2, 0) is 27.3 Å². The van der Waals surface area contributed by atoms with E-state index in [-0.39, 0.29) is 17.7 Å². The molecule has 32 heavy (non-hydrogen) atoms. The third-order valence-corrected chi connectivity index (χ3v) is 6.76. The van der Waals surface area contributed by atoms with Gasteiger partial charge in [0.05, 0.1) is 0 Å². The van der Waals surface area contributed by atoms with Gasteiger partial charge < -0.3 is 14.5 Å². The van der Waals surface area contributed by atoms with Crippen molar-refractivity contribution in [1.29, 1.82) is 0 Å². The van der Waals surface area contributed by atoms with Gasteiger partial charge in [0.2, 0.25) is 11.8 Å². The molecule has 0 unspecified atom stereocenters. The molecule has 3 aliphatic heterocycles. The Kier molecular flexibility index (Phi) is 6.45. The van der Waals surface area contributed by atoms with Gasteiger partial charge in [-0.05, 0) is 64.0 Å². The number of nitrogens with zero attached hydrogens (tertiary/aromatic N) is 3. The molecule has 3 aliphatic rings. The largest absolute Gasteiger partial charge is 0.444 e. The van der Waals surface area contributed by atoms with Gasteiger partial charge in [0.15, 0.2) is 0 Å². The summed E-state index contributed by atoms with van der Waals surface area (Å²) in [6, 6.07) is 7.88. The first kappa shape index (κ1) is 22.6. The molecule has 0 saturated carbocycles. The summed E-state index contributed by atoms with van der Waals surface area (Å²) in [7, 11) is 0. The Hall–Kier alpha value is -2.57. The summed E-state index contributed by atoms with van der Waals surface area (Å²) in [5.41, 5.74) is 1.99. The number of piperidine rings is 1. The van der Waals surface area contributed by atoms with Gasteiger partial charge in [0.1, 0.15) is 11.6 Å². The van der Waals surface area contributed by atoms with E-state index in [9.17, 15) is 14.4 Å². The van der Waals surface area contributed by atoms with E-state index in [0.717, 1.165) is 19.4 Å². The second-order valence-electron chi connectivity index (χ2n) is 10.2. The van der Waals surface area contributed by atoms with Crippen LogP contribution in [0.3, 0.4) is 0 Å². The van der Waals surface area contributed by atoms with Crippen molar-refractivity contribution in [3.8, 4) is 0 Å². The maximum absolute atomic E-state index is 13.2. The van der Waals surface area contributed by atoms with Crippen molar-refractivity contribution >= 4 is 17.9 Å². The molecule has 7 heteroatoms. The minimum absolute atomic E-state index is 0.00819. The number of fused-ring (bicyclic) bond motifs is 1. The fraction of sp³-hybridized carbons (Fsp3) is 0.640. The lowest BCUT2D eigenvalue weighted by atomic mass is 9.92. The lowest BCUT2D eigenvalue weighted by molar-refractivity contribution is -0.143. The lowest BCUT2D eigenvalue weighted by Crippen LogP contribution is -2.52. The Bertz CT molecular complexity index is 870. The predicted molar refractivity (Wildman–Crippen MR) is 121 cm³/mol. The second kappa shape index (κ2) is 9.12. The van der Waals surface area contributed by atoms with Crippen molar-refractivity contribution < 1.29 is 19.1 Å². The molecule has 3 heterocycles. The van der Waals surface area contributed by atoms with Gasteiger partial charge in [-0.25, -0.2) is 4.79 Å². The van der Waals surface area contributed by atoms with Crippen LogP contribution in [0.2, 0.25) is 0 Å². The van der Waals surface area contributed by atoms with Crippen molar-refractivity contribution in [3.63, 3.8) is 0 Å². The summed E-state index contributed by atoms with van der Waals surface area (Å²) in [5, 5.41) is 0. The Balaban J connectivity index is 1.31. The smallest absolute Gasteiger partial charge is 0.410 e. The number of likely N-dealkylation sites (tertiary alicyclic amines) is 2. The standard InChI is InChI=1S/C25H35N3O4/c1-25(2,3)32-24(31)28-13-6-9-21(28)23(30)26-14-11-19(12-15-26)22(29)27-16-10-18-7-4-5-8-20(18)17-27/h4-5,7-8,19,21H,6,9-17H2,1-3H3/t21-/m1/s1. The van der Waals surface area contributed by atoms with Gasteiger partial charge >= 0.3 is 6.09 Å². The van der Waals surface area contributed by atoms with Crippen LogP contribution in [0.25, 0.3) is 0 Å². The molecule has 3 amide bonds. The molecule has 0 bridgehead atoms. The minimum Gasteiger partial charge on any atom is -0.444 e. The highest BCUT2D eigenvalue weighted by Crippen LogP contribution is 2.27. The summed E-state index contributed by atoms with van der Waals surface area (Å²) in [4.78, 5) is 44.2. The summed E-state index contributed by atoms with van der Waals surface area (Å²) in [5.74, 6) is 0.170. The highest BCUT2D eigenvalue weighted by Gasteiger charge is 2.40. The number of carbonyl (C=O) groups is 3. The molecule has 0 aliphatic carbocycles. The van der Waals surface area contributed by atoms with Gasteiger partial charge in [-0.2, -0.15) is 0 Å². The van der Waals surface area contributed by atoms with Crippen LogP contribution >= 0.6 is 0 Å². The Morgan fingerprint density at radius 1 is 0.875 bits per heavy atom. The number of amides is 3. The van der Waals surface area contributed by atoms with Crippen molar-refractivity contribution in [3.05, 3.63) is 35.4 Å². The van der Waals surface area contributed by atoms with Crippen molar-refractivity contribution in [2.45, 2.75) is 71.1 Å². The first-order valence-corrected chi connectivity index (χ1v) is 11.9. The molecule has 1 aromatic rings. The molecule has 4 rings (SSSR count). The molecule has 0 N–H and O–H groups in total. The van der Waals surface area contributed by atoms with Crippen molar-refractivity contribution in [2.75, 3.05) is 26.2 Å². The molecule has 2 fully saturated rings. The van der Waals surface area contributed by atoms with Gasteiger partial charge in [-0.3, -0.25) is 14.5 Å². The third-order valence-electron chi connectivity index (χ3n) is 6.76. The lowest BCUT2D eigenvalue weighted by Gasteiger charge is -2.37. The summed E-state index contributed by atoms with van der Waals surface area (Å²) in [6.45, 7) is 8.64. The molecule has 7 nitrogen and oxygen atoms in total. The highest BCUT2D eigenvalue weighted by molar-refractivity contribution is 5.87. The molecule has 1 aromatic carbocycles. The number of hydrogen-bond acceptors (Lipinski definition) is 4. The number of ether oxygens (including phenoxy) is 1. The Morgan fingerprint density at radius 3 is 2.25 bits per heavy atom. The topological polar surface area (TPSA) is 70.2 Å². The number of carbonyl (C=O) groups excluding carboxylic acids is 3. The summed E-state index contributed by atoms with van der Waals surface area (Å²) < 4.78 is 5.50. The molecule has 0 radical (unpaired) electrons. The highest BCUT2D eigenvalue weighted by atomic mass is 16.6.